The zero-order valence-corrected chi connectivity index (χ0v) is 9.50. The predicted octanol–water partition coefficient (Wildman–Crippen LogP) is 4.09. The van der Waals surface area contributed by atoms with Gasteiger partial charge in [0.05, 0.1) is 8.95 Å². The number of rotatable bonds is 2. The Bertz CT molecular complexity index is 356. The van der Waals surface area contributed by atoms with Gasteiger partial charge in [-0.15, -0.1) is 0 Å². The fourth-order valence-corrected chi connectivity index (χ4v) is 1.72. The average molecular weight is 338 g/mol. The molecule has 0 fully saturated rings. The largest absolute Gasteiger partial charge is 0.433 e. The third-order valence-corrected chi connectivity index (χ3v) is 2.75. The van der Waals surface area contributed by atoms with Crippen molar-refractivity contribution in [3.63, 3.8) is 0 Å². The molecule has 0 heterocycles. The summed E-state index contributed by atoms with van der Waals surface area (Å²) in [6.07, 6.45) is 0. The van der Waals surface area contributed by atoms with Gasteiger partial charge in [0.15, 0.2) is 5.82 Å². The van der Waals surface area contributed by atoms with Crippen LogP contribution in [0.15, 0.2) is 15.0 Å². The molecule has 1 aromatic carbocycles. The molecule has 0 aliphatic rings. The smallest absolute Gasteiger partial charge is 0.387 e. The zero-order chi connectivity index (χ0) is 10.9. The van der Waals surface area contributed by atoms with Crippen molar-refractivity contribution in [3.05, 3.63) is 26.6 Å². The summed E-state index contributed by atoms with van der Waals surface area (Å²) in [7, 11) is 0. The second kappa shape index (κ2) is 4.48. The van der Waals surface area contributed by atoms with Gasteiger partial charge in [-0.05, 0) is 31.9 Å². The van der Waals surface area contributed by atoms with Gasteiger partial charge >= 0.3 is 6.61 Å². The molecule has 0 amide bonds. The summed E-state index contributed by atoms with van der Waals surface area (Å²) >= 11 is 5.27. The minimum atomic E-state index is -3.13. The maximum atomic E-state index is 13.0. The van der Waals surface area contributed by atoms with E-state index in [9.17, 15) is 17.6 Å². The Morgan fingerprint density at radius 3 is 2.21 bits per heavy atom. The van der Waals surface area contributed by atoms with Gasteiger partial charge in [0.2, 0.25) is 0 Å². The van der Waals surface area contributed by atoms with Gasteiger partial charge in [-0.3, -0.25) is 0 Å². The Labute approximate surface area is 93.3 Å². The van der Waals surface area contributed by atoms with Crippen molar-refractivity contribution in [1.82, 2.24) is 0 Å². The number of halogens is 6. The Morgan fingerprint density at radius 1 is 1.14 bits per heavy atom. The number of alkyl halides is 2. The first kappa shape index (κ1) is 11.8. The lowest BCUT2D eigenvalue weighted by Gasteiger charge is -2.08. The van der Waals surface area contributed by atoms with Crippen LogP contribution in [0.25, 0.3) is 0 Å². The van der Waals surface area contributed by atoms with Crippen LogP contribution in [-0.2, 0) is 0 Å². The van der Waals surface area contributed by atoms with Gasteiger partial charge in [-0.1, -0.05) is 0 Å². The van der Waals surface area contributed by atoms with Gasteiger partial charge in [0.25, 0.3) is 0 Å². The van der Waals surface area contributed by atoms with Crippen molar-refractivity contribution >= 4 is 31.9 Å². The van der Waals surface area contributed by atoms with Crippen molar-refractivity contribution in [2.45, 2.75) is 6.61 Å². The normalized spacial score (nSPS) is 10.8. The quantitative estimate of drug-likeness (QED) is 0.448. The number of ether oxygens (including phenoxy) is 1. The molecule has 0 spiro atoms. The molecule has 78 valence electrons. The highest BCUT2D eigenvalue weighted by molar-refractivity contribution is 9.11. The first-order valence-corrected chi connectivity index (χ1v) is 4.80. The average Bonchev–Trinajstić information content (AvgIpc) is 2.10. The molecule has 7 heteroatoms. The van der Waals surface area contributed by atoms with Crippen molar-refractivity contribution in [2.24, 2.45) is 0 Å². The van der Waals surface area contributed by atoms with Crippen LogP contribution in [-0.4, -0.2) is 6.61 Å². The van der Waals surface area contributed by atoms with Crippen LogP contribution < -0.4 is 4.74 Å². The highest BCUT2D eigenvalue weighted by Gasteiger charge is 2.18. The molecule has 0 N–H and O–H groups in total. The van der Waals surface area contributed by atoms with Crippen molar-refractivity contribution in [3.8, 4) is 5.75 Å². The lowest BCUT2D eigenvalue weighted by atomic mass is 10.3. The molecule has 0 saturated heterocycles. The zero-order valence-electron chi connectivity index (χ0n) is 6.33. The highest BCUT2D eigenvalue weighted by Crippen LogP contribution is 2.35. The molecule has 0 aliphatic heterocycles. The second-order valence-electron chi connectivity index (χ2n) is 2.18. The van der Waals surface area contributed by atoms with E-state index in [0.717, 1.165) is 0 Å². The first-order chi connectivity index (χ1) is 6.43. The van der Waals surface area contributed by atoms with Crippen LogP contribution in [0.4, 0.5) is 17.6 Å². The molecule has 0 unspecified atom stereocenters. The SMILES string of the molecule is Fc1cc(OC(F)F)c(Br)c(F)c1Br. The van der Waals surface area contributed by atoms with Crippen molar-refractivity contribution in [2.75, 3.05) is 0 Å². The number of benzene rings is 1. The van der Waals surface area contributed by atoms with Crippen molar-refractivity contribution < 1.29 is 22.3 Å². The first-order valence-electron chi connectivity index (χ1n) is 3.21. The Kier molecular flexibility index (Phi) is 3.77. The topological polar surface area (TPSA) is 9.23 Å². The fraction of sp³-hybridized carbons (Fsp3) is 0.143. The molecule has 0 saturated carbocycles. The summed E-state index contributed by atoms with van der Waals surface area (Å²) in [6.45, 7) is -3.13. The fourth-order valence-electron chi connectivity index (χ4n) is 0.733. The van der Waals surface area contributed by atoms with E-state index in [1.165, 1.54) is 0 Å². The van der Waals surface area contributed by atoms with Gasteiger partial charge in [0.1, 0.15) is 11.6 Å². The maximum absolute atomic E-state index is 13.0. The van der Waals surface area contributed by atoms with Crippen LogP contribution in [0.1, 0.15) is 0 Å². The summed E-state index contributed by atoms with van der Waals surface area (Å²) in [6, 6.07) is 0.656. The van der Waals surface area contributed by atoms with Crippen LogP contribution >= 0.6 is 31.9 Å². The lowest BCUT2D eigenvalue weighted by molar-refractivity contribution is -0.0507. The summed E-state index contributed by atoms with van der Waals surface area (Å²) < 4.78 is 52.5. The van der Waals surface area contributed by atoms with Crippen LogP contribution in [0.2, 0.25) is 0 Å². The summed E-state index contributed by atoms with van der Waals surface area (Å²) in [5, 5.41) is 0. The minimum Gasteiger partial charge on any atom is -0.433 e. The molecule has 1 rings (SSSR count). The monoisotopic (exact) mass is 336 g/mol. The van der Waals surface area contributed by atoms with E-state index in [0.29, 0.717) is 6.07 Å². The predicted molar refractivity (Wildman–Crippen MR) is 48.4 cm³/mol. The molecule has 1 nitrogen and oxygen atoms in total. The van der Waals surface area contributed by atoms with Crippen LogP contribution in [0.3, 0.4) is 0 Å². The summed E-state index contributed by atoms with van der Waals surface area (Å²) in [5.41, 5.74) is 0. The van der Waals surface area contributed by atoms with Crippen LogP contribution in [0, 0.1) is 11.6 Å². The molecule has 0 aliphatic carbocycles. The molecule has 0 atom stereocenters. The van der Waals surface area contributed by atoms with Gasteiger partial charge in [-0.2, -0.15) is 8.78 Å². The Morgan fingerprint density at radius 2 is 1.71 bits per heavy atom. The van der Waals surface area contributed by atoms with E-state index in [-0.39, 0.29) is 4.47 Å². The minimum absolute atomic E-state index is 0.355. The van der Waals surface area contributed by atoms with E-state index >= 15 is 0 Å². The Hall–Kier alpha value is -0.300. The molecule has 0 radical (unpaired) electrons. The molecule has 1 aromatic rings. The molecular weight excluding hydrogens is 336 g/mol. The van der Waals surface area contributed by atoms with E-state index in [1.807, 2.05) is 0 Å². The molecular formula is C7H2Br2F4O. The number of hydrogen-bond acceptors (Lipinski definition) is 1. The van der Waals surface area contributed by atoms with E-state index < -0.39 is 28.5 Å². The van der Waals surface area contributed by atoms with E-state index in [1.54, 1.807) is 0 Å². The van der Waals surface area contributed by atoms with Crippen LogP contribution in [0.5, 0.6) is 5.75 Å². The molecule has 14 heavy (non-hydrogen) atoms. The third kappa shape index (κ3) is 2.38. The van der Waals surface area contributed by atoms with E-state index in [2.05, 4.69) is 36.6 Å². The van der Waals surface area contributed by atoms with Crippen molar-refractivity contribution in [1.29, 1.82) is 0 Å². The summed E-state index contributed by atoms with van der Waals surface area (Å²) in [4.78, 5) is 0. The van der Waals surface area contributed by atoms with Gasteiger partial charge in [-0.25, -0.2) is 8.78 Å². The second-order valence-corrected chi connectivity index (χ2v) is 3.76. The van der Waals surface area contributed by atoms with E-state index in [4.69, 9.17) is 0 Å². The van der Waals surface area contributed by atoms with Gasteiger partial charge < -0.3 is 4.74 Å². The highest BCUT2D eigenvalue weighted by atomic mass is 79.9. The Balaban J connectivity index is 3.19. The lowest BCUT2D eigenvalue weighted by Crippen LogP contribution is -2.04. The number of hydrogen-bond donors (Lipinski definition) is 0. The maximum Gasteiger partial charge on any atom is 0.387 e. The molecule has 0 aromatic heterocycles. The molecule has 0 bridgehead atoms. The third-order valence-electron chi connectivity index (χ3n) is 1.29. The summed E-state index contributed by atoms with van der Waals surface area (Å²) in [5.74, 6) is -2.62. The van der Waals surface area contributed by atoms with Gasteiger partial charge in [0, 0.05) is 6.07 Å². The standard InChI is InChI=1S/C7H2Br2F4O/c8-4-2(10)1-3(14-7(12)13)5(9)6(4)11/h1,7H.